The Bertz CT molecular complexity index is 802. The van der Waals surface area contributed by atoms with Gasteiger partial charge >= 0.3 is 7.60 Å². The summed E-state index contributed by atoms with van der Waals surface area (Å²) in [5.41, 5.74) is 2.05. The highest BCUT2D eigenvalue weighted by Gasteiger charge is 2.21. The summed E-state index contributed by atoms with van der Waals surface area (Å²) in [5.74, 6) is 0. The van der Waals surface area contributed by atoms with E-state index in [-0.39, 0.29) is 0 Å². The van der Waals surface area contributed by atoms with Gasteiger partial charge in [-0.05, 0) is 42.2 Å². The third kappa shape index (κ3) is 5.87. The van der Waals surface area contributed by atoms with E-state index < -0.39 is 17.4 Å². The average Bonchev–Trinajstić information content (AvgIpc) is 2.53. The van der Waals surface area contributed by atoms with Crippen molar-refractivity contribution >= 4 is 17.4 Å². The largest absolute Gasteiger partial charge is 0.325 e. The van der Waals surface area contributed by atoms with E-state index in [1.807, 2.05) is 32.0 Å². The first kappa shape index (κ1) is 20.6. The van der Waals surface area contributed by atoms with Gasteiger partial charge in [-0.15, -0.1) is 0 Å². The zero-order chi connectivity index (χ0) is 18.4. The normalized spacial score (nSPS) is 11.5. The number of rotatable bonds is 4. The molecule has 0 aliphatic carbocycles. The highest BCUT2D eigenvalue weighted by atomic mass is 32.2. The molecule has 0 aliphatic rings. The molecule has 5 nitrogen and oxygen atoms in total. The number of sulfone groups is 1. The van der Waals surface area contributed by atoms with Crippen LogP contribution in [-0.4, -0.2) is 24.9 Å². The second-order valence-corrected chi connectivity index (χ2v) is 8.84. The van der Waals surface area contributed by atoms with Crippen LogP contribution >= 0.6 is 7.60 Å². The van der Waals surface area contributed by atoms with E-state index in [0.29, 0.717) is 9.79 Å². The van der Waals surface area contributed by atoms with Gasteiger partial charge in [0, 0.05) is 6.66 Å². The molecule has 0 radical (unpaired) electrons. The van der Waals surface area contributed by atoms with E-state index >= 15 is 0 Å². The first-order valence-corrected chi connectivity index (χ1v) is 11.1. The lowest BCUT2D eigenvalue weighted by atomic mass is 10.0. The molecule has 7 heteroatoms. The SMILES string of the molecule is CCc1cccc(S(=O)(=O)c2ccccc2)c1CC.CP(=O)(O)O. The van der Waals surface area contributed by atoms with Crippen LogP contribution in [0.5, 0.6) is 0 Å². The van der Waals surface area contributed by atoms with Gasteiger partial charge in [0.15, 0.2) is 0 Å². The second kappa shape index (κ2) is 8.58. The molecule has 2 rings (SSSR count). The molecule has 24 heavy (non-hydrogen) atoms. The first-order chi connectivity index (χ1) is 11.1. The van der Waals surface area contributed by atoms with Crippen molar-refractivity contribution in [3.05, 3.63) is 59.7 Å². The number of hydrogen-bond donors (Lipinski definition) is 2. The Morgan fingerprint density at radius 3 is 1.92 bits per heavy atom. The summed E-state index contributed by atoms with van der Waals surface area (Å²) in [6.07, 6.45) is 1.58. The van der Waals surface area contributed by atoms with Gasteiger partial charge in [-0.25, -0.2) is 8.42 Å². The minimum absolute atomic E-state index is 0.359. The molecule has 2 N–H and O–H groups in total. The van der Waals surface area contributed by atoms with Gasteiger partial charge < -0.3 is 9.79 Å². The summed E-state index contributed by atoms with van der Waals surface area (Å²) in [6, 6.07) is 14.2. The lowest BCUT2D eigenvalue weighted by Crippen LogP contribution is -2.07. The Hall–Kier alpha value is -1.46. The second-order valence-electron chi connectivity index (χ2n) is 5.25. The van der Waals surface area contributed by atoms with Gasteiger partial charge in [0.1, 0.15) is 0 Å². The highest BCUT2D eigenvalue weighted by molar-refractivity contribution is 7.91. The quantitative estimate of drug-likeness (QED) is 0.805. The summed E-state index contributed by atoms with van der Waals surface area (Å²) >= 11 is 0. The number of hydrogen-bond acceptors (Lipinski definition) is 3. The fourth-order valence-corrected chi connectivity index (χ4v) is 3.95. The van der Waals surface area contributed by atoms with Gasteiger partial charge in [-0.1, -0.05) is 44.2 Å². The topological polar surface area (TPSA) is 91.7 Å². The first-order valence-electron chi connectivity index (χ1n) is 7.55. The van der Waals surface area contributed by atoms with Crippen LogP contribution < -0.4 is 0 Å². The van der Waals surface area contributed by atoms with Crippen molar-refractivity contribution in [1.29, 1.82) is 0 Å². The van der Waals surface area contributed by atoms with Crippen LogP contribution in [0.1, 0.15) is 25.0 Å². The summed E-state index contributed by atoms with van der Waals surface area (Å²) in [6.45, 7) is 4.90. The van der Waals surface area contributed by atoms with E-state index in [2.05, 4.69) is 0 Å². The summed E-state index contributed by atoms with van der Waals surface area (Å²) in [5, 5.41) is 0. The molecular weight excluding hydrogens is 347 g/mol. The summed E-state index contributed by atoms with van der Waals surface area (Å²) in [4.78, 5) is 16.1. The average molecular weight is 370 g/mol. The van der Waals surface area contributed by atoms with E-state index in [0.717, 1.165) is 30.6 Å². The summed E-state index contributed by atoms with van der Waals surface area (Å²) < 4.78 is 34.7. The van der Waals surface area contributed by atoms with Crippen LogP contribution in [0.2, 0.25) is 0 Å². The van der Waals surface area contributed by atoms with Gasteiger partial charge in [-0.3, -0.25) is 4.57 Å². The van der Waals surface area contributed by atoms with Crippen molar-refractivity contribution in [1.82, 2.24) is 0 Å². The predicted molar refractivity (Wildman–Crippen MR) is 95.1 cm³/mol. The molecule has 0 bridgehead atoms. The van der Waals surface area contributed by atoms with Crippen LogP contribution in [0.25, 0.3) is 0 Å². The molecule has 0 fully saturated rings. The smallest absolute Gasteiger partial charge is 0.322 e. The van der Waals surface area contributed by atoms with Gasteiger partial charge in [0.2, 0.25) is 9.84 Å². The molecule has 0 amide bonds. The van der Waals surface area contributed by atoms with Crippen LogP contribution in [0.15, 0.2) is 58.3 Å². The van der Waals surface area contributed by atoms with E-state index in [1.54, 1.807) is 30.3 Å². The molecule has 0 heterocycles. The number of aryl methyl sites for hydroxylation is 1. The standard InChI is InChI=1S/C16H18O2S.CH5O3P/c1-3-13-9-8-12-16(15(13)4-2)19(17,18)14-10-6-5-7-11-14;1-5(2,3)4/h5-12H,3-4H2,1-2H3;1H3,(H2,2,3,4). The highest BCUT2D eigenvalue weighted by Crippen LogP contribution is 2.27. The van der Waals surface area contributed by atoms with Crippen molar-refractivity contribution in [2.45, 2.75) is 36.5 Å². The van der Waals surface area contributed by atoms with E-state index in [1.165, 1.54) is 0 Å². The third-order valence-corrected chi connectivity index (χ3v) is 5.16. The fraction of sp³-hybridized carbons (Fsp3) is 0.294. The molecule has 132 valence electrons. The molecular formula is C17H23O5PS. The fourth-order valence-electron chi connectivity index (χ4n) is 2.32. The van der Waals surface area contributed by atoms with Crippen molar-refractivity contribution in [3.8, 4) is 0 Å². The maximum Gasteiger partial charge on any atom is 0.322 e. The third-order valence-electron chi connectivity index (χ3n) is 3.31. The lowest BCUT2D eigenvalue weighted by Gasteiger charge is -2.13. The molecule has 0 aliphatic heterocycles. The molecule has 0 spiro atoms. The molecule has 0 aromatic heterocycles. The van der Waals surface area contributed by atoms with Crippen molar-refractivity contribution in [2.75, 3.05) is 6.66 Å². The monoisotopic (exact) mass is 370 g/mol. The minimum Gasteiger partial charge on any atom is -0.325 e. The van der Waals surface area contributed by atoms with E-state index in [9.17, 15) is 13.0 Å². The molecule has 0 saturated heterocycles. The lowest BCUT2D eigenvalue weighted by molar-refractivity contribution is 0.381. The van der Waals surface area contributed by atoms with Crippen LogP contribution in [0.3, 0.4) is 0 Å². The molecule has 2 aromatic rings. The molecule has 0 unspecified atom stereocenters. The van der Waals surface area contributed by atoms with Crippen molar-refractivity contribution in [2.24, 2.45) is 0 Å². The predicted octanol–water partition coefficient (Wildman–Crippen LogP) is 3.44. The zero-order valence-electron chi connectivity index (χ0n) is 14.0. The van der Waals surface area contributed by atoms with Gasteiger partial charge in [0.25, 0.3) is 0 Å². The maximum absolute atomic E-state index is 12.7. The van der Waals surface area contributed by atoms with Crippen molar-refractivity contribution in [3.63, 3.8) is 0 Å². The Labute approximate surface area is 143 Å². The van der Waals surface area contributed by atoms with E-state index in [4.69, 9.17) is 9.79 Å². The van der Waals surface area contributed by atoms with Crippen LogP contribution in [0.4, 0.5) is 0 Å². The Morgan fingerprint density at radius 2 is 1.46 bits per heavy atom. The van der Waals surface area contributed by atoms with Crippen LogP contribution in [-0.2, 0) is 27.2 Å². The van der Waals surface area contributed by atoms with Gasteiger partial charge in [0.05, 0.1) is 9.79 Å². The molecule has 0 atom stereocenters. The number of benzene rings is 2. The Kier molecular flexibility index (Phi) is 7.36. The van der Waals surface area contributed by atoms with Crippen molar-refractivity contribution < 1.29 is 22.8 Å². The Morgan fingerprint density at radius 1 is 0.917 bits per heavy atom. The zero-order valence-corrected chi connectivity index (χ0v) is 15.7. The van der Waals surface area contributed by atoms with Gasteiger partial charge in [-0.2, -0.15) is 0 Å². The molecule has 2 aromatic carbocycles. The van der Waals surface area contributed by atoms with Crippen LogP contribution in [0, 0.1) is 0 Å². The Balaban J connectivity index is 0.000000505. The molecule has 0 saturated carbocycles. The maximum atomic E-state index is 12.7. The summed E-state index contributed by atoms with van der Waals surface area (Å²) in [7, 11) is -7.05. The minimum atomic E-state index is -3.64.